The van der Waals surface area contributed by atoms with E-state index in [1.54, 1.807) is 0 Å². The lowest BCUT2D eigenvalue weighted by Gasteiger charge is -2.07. The average molecular weight is 326 g/mol. The molecular formula is C12H14N4O3S2. The molecule has 0 unspecified atom stereocenters. The van der Waals surface area contributed by atoms with E-state index < -0.39 is 15.9 Å². The maximum absolute atomic E-state index is 12.0. The maximum Gasteiger partial charge on any atom is 0.281 e. The Labute approximate surface area is 127 Å². The minimum Gasteiger partial charge on any atom is -0.319 e. The molecule has 1 rings (SSSR count). The molecule has 0 bridgehead atoms. The van der Waals surface area contributed by atoms with E-state index in [9.17, 15) is 13.2 Å². The smallest absolute Gasteiger partial charge is 0.281 e. The highest BCUT2D eigenvalue weighted by Gasteiger charge is 2.15. The van der Waals surface area contributed by atoms with Crippen molar-refractivity contribution in [1.29, 1.82) is 0 Å². The third kappa shape index (κ3) is 4.81. The van der Waals surface area contributed by atoms with Gasteiger partial charge in [0.15, 0.2) is 5.04 Å². The minimum absolute atomic E-state index is 0.0543. The number of amides is 1. The number of aromatic nitrogens is 1. The molecule has 21 heavy (non-hydrogen) atoms. The Bertz CT molecular complexity index is 683. The first-order valence-corrected chi connectivity index (χ1v) is 7.97. The SMILES string of the molecule is C=CN=C(SC=C)C(=O)Nc1cncc(S(=O)(=O)NC)c1. The van der Waals surface area contributed by atoms with Crippen molar-refractivity contribution in [3.05, 3.63) is 43.2 Å². The number of nitrogens with zero attached hydrogens (tertiary/aromatic N) is 2. The second-order valence-corrected chi connectivity index (χ2v) is 6.31. The van der Waals surface area contributed by atoms with Crippen LogP contribution in [0.5, 0.6) is 0 Å². The van der Waals surface area contributed by atoms with E-state index in [-0.39, 0.29) is 15.6 Å². The molecule has 0 atom stereocenters. The second-order valence-electron chi connectivity index (χ2n) is 3.47. The summed E-state index contributed by atoms with van der Waals surface area (Å²) in [5.41, 5.74) is 0.234. The molecule has 0 fully saturated rings. The molecule has 1 amide bonds. The Morgan fingerprint density at radius 3 is 2.71 bits per heavy atom. The van der Waals surface area contributed by atoms with Crippen LogP contribution in [0.3, 0.4) is 0 Å². The molecule has 2 N–H and O–H groups in total. The zero-order chi connectivity index (χ0) is 15.9. The number of rotatable bonds is 5. The number of anilines is 1. The van der Waals surface area contributed by atoms with Crippen molar-refractivity contribution >= 4 is 38.4 Å². The summed E-state index contributed by atoms with van der Waals surface area (Å²) in [7, 11) is -2.34. The molecule has 0 aliphatic carbocycles. The Balaban J connectivity index is 3.01. The topological polar surface area (TPSA) is 101 Å². The number of pyridine rings is 1. The second kappa shape index (κ2) is 7.72. The van der Waals surface area contributed by atoms with Crippen molar-refractivity contribution in [2.75, 3.05) is 12.4 Å². The molecular weight excluding hydrogens is 312 g/mol. The normalized spacial score (nSPS) is 11.8. The minimum atomic E-state index is -3.63. The quantitative estimate of drug-likeness (QED) is 0.628. The molecule has 1 aromatic rings. The van der Waals surface area contributed by atoms with E-state index in [1.165, 1.54) is 37.1 Å². The summed E-state index contributed by atoms with van der Waals surface area (Å²) in [5.74, 6) is -0.513. The molecule has 0 aliphatic heterocycles. The number of hydrogen-bond acceptors (Lipinski definition) is 6. The van der Waals surface area contributed by atoms with Gasteiger partial charge in [-0.3, -0.25) is 9.78 Å². The molecule has 0 aromatic carbocycles. The molecule has 0 spiro atoms. The number of aliphatic imine (C=N–C) groups is 1. The van der Waals surface area contributed by atoms with E-state index in [4.69, 9.17) is 0 Å². The summed E-state index contributed by atoms with van der Waals surface area (Å²) >= 11 is 1.02. The van der Waals surface area contributed by atoms with Gasteiger partial charge in [0.25, 0.3) is 5.91 Å². The fourth-order valence-corrected chi connectivity index (χ4v) is 2.41. The first kappa shape index (κ1) is 17.1. The summed E-state index contributed by atoms with van der Waals surface area (Å²) in [6, 6.07) is 1.29. The highest BCUT2D eigenvalue weighted by Crippen LogP contribution is 2.14. The van der Waals surface area contributed by atoms with Crippen molar-refractivity contribution in [2.45, 2.75) is 4.90 Å². The van der Waals surface area contributed by atoms with Gasteiger partial charge in [-0.15, -0.1) is 0 Å². The van der Waals surface area contributed by atoms with Crippen LogP contribution >= 0.6 is 11.8 Å². The van der Waals surface area contributed by atoms with Crippen LogP contribution in [0.15, 0.2) is 53.1 Å². The third-order valence-corrected chi connectivity index (χ3v) is 4.21. The molecule has 0 saturated heterocycles. The van der Waals surface area contributed by atoms with Gasteiger partial charge >= 0.3 is 0 Å². The van der Waals surface area contributed by atoms with Crippen molar-refractivity contribution in [2.24, 2.45) is 4.99 Å². The number of carbonyl (C=O) groups excluding carboxylic acids is 1. The van der Waals surface area contributed by atoms with Crippen LogP contribution in [0.2, 0.25) is 0 Å². The zero-order valence-corrected chi connectivity index (χ0v) is 12.9. The predicted molar refractivity (Wildman–Crippen MR) is 84.5 cm³/mol. The molecule has 7 nitrogen and oxygen atoms in total. The van der Waals surface area contributed by atoms with Gasteiger partial charge in [-0.1, -0.05) is 24.9 Å². The third-order valence-electron chi connectivity index (χ3n) is 2.15. The molecule has 0 radical (unpaired) electrons. The lowest BCUT2D eigenvalue weighted by atomic mass is 10.4. The van der Waals surface area contributed by atoms with Crippen LogP contribution in [-0.2, 0) is 14.8 Å². The van der Waals surface area contributed by atoms with Crippen molar-refractivity contribution < 1.29 is 13.2 Å². The van der Waals surface area contributed by atoms with Gasteiger partial charge in [0, 0.05) is 12.4 Å². The summed E-state index contributed by atoms with van der Waals surface area (Å²) < 4.78 is 25.5. The Morgan fingerprint density at radius 1 is 1.43 bits per heavy atom. The van der Waals surface area contributed by atoms with E-state index in [1.807, 2.05) is 0 Å². The van der Waals surface area contributed by atoms with Crippen LogP contribution < -0.4 is 10.0 Å². The zero-order valence-electron chi connectivity index (χ0n) is 11.2. The van der Waals surface area contributed by atoms with Gasteiger partial charge in [0.05, 0.1) is 11.9 Å². The lowest BCUT2D eigenvalue weighted by molar-refractivity contribution is -0.110. The van der Waals surface area contributed by atoms with Crippen LogP contribution in [0.4, 0.5) is 5.69 Å². The summed E-state index contributed by atoms with van der Waals surface area (Å²) in [6.07, 6.45) is 3.74. The van der Waals surface area contributed by atoms with E-state index in [0.29, 0.717) is 0 Å². The molecule has 0 saturated carbocycles. The number of nitrogens with one attached hydrogen (secondary N) is 2. The predicted octanol–water partition coefficient (Wildman–Crippen LogP) is 1.35. The van der Waals surface area contributed by atoms with E-state index >= 15 is 0 Å². The van der Waals surface area contributed by atoms with Gasteiger partial charge in [0.1, 0.15) is 4.90 Å². The Hall–Kier alpha value is -1.97. The number of carbonyl (C=O) groups is 1. The summed E-state index contributed by atoms with van der Waals surface area (Å²) in [5, 5.41) is 4.08. The fraction of sp³-hybridized carbons (Fsp3) is 0.0833. The van der Waals surface area contributed by atoms with Crippen molar-refractivity contribution in [1.82, 2.24) is 9.71 Å². The maximum atomic E-state index is 12.0. The van der Waals surface area contributed by atoms with Gasteiger partial charge in [0.2, 0.25) is 10.0 Å². The van der Waals surface area contributed by atoms with Crippen molar-refractivity contribution in [3.63, 3.8) is 0 Å². The van der Waals surface area contributed by atoms with Crippen molar-refractivity contribution in [3.8, 4) is 0 Å². The van der Waals surface area contributed by atoms with Gasteiger partial charge in [-0.2, -0.15) is 0 Å². The highest BCUT2D eigenvalue weighted by atomic mass is 32.2. The fourth-order valence-electron chi connectivity index (χ4n) is 1.24. The molecule has 0 aliphatic rings. The average Bonchev–Trinajstić information content (AvgIpc) is 2.47. The van der Waals surface area contributed by atoms with Crippen LogP contribution in [0.1, 0.15) is 0 Å². The van der Waals surface area contributed by atoms with Crippen LogP contribution in [-0.4, -0.2) is 31.4 Å². The largest absolute Gasteiger partial charge is 0.319 e. The molecule has 112 valence electrons. The first-order valence-electron chi connectivity index (χ1n) is 5.60. The van der Waals surface area contributed by atoms with Gasteiger partial charge in [-0.25, -0.2) is 18.1 Å². The number of sulfonamides is 1. The standard InChI is InChI=1S/C12H14N4O3S2/c1-4-15-12(20-5-2)11(17)16-9-6-10(8-14-7-9)21(18,19)13-3/h4-8,13H,1-2H2,3H3,(H,16,17). The Morgan fingerprint density at radius 2 is 2.14 bits per heavy atom. The van der Waals surface area contributed by atoms with E-state index in [0.717, 1.165) is 11.8 Å². The molecule has 1 aromatic heterocycles. The van der Waals surface area contributed by atoms with Gasteiger partial charge in [-0.05, 0) is 18.5 Å². The summed E-state index contributed by atoms with van der Waals surface area (Å²) in [4.78, 5) is 19.5. The van der Waals surface area contributed by atoms with Crippen LogP contribution in [0, 0.1) is 0 Å². The first-order chi connectivity index (χ1) is 9.94. The van der Waals surface area contributed by atoms with Gasteiger partial charge < -0.3 is 5.32 Å². The number of hydrogen-bond donors (Lipinski definition) is 2. The number of thioether (sulfide) groups is 1. The van der Waals surface area contributed by atoms with Crippen LogP contribution in [0.25, 0.3) is 0 Å². The highest BCUT2D eigenvalue weighted by molar-refractivity contribution is 8.18. The lowest BCUT2D eigenvalue weighted by Crippen LogP contribution is -2.21. The molecule has 1 heterocycles. The monoisotopic (exact) mass is 326 g/mol. The van der Waals surface area contributed by atoms with E-state index in [2.05, 4.69) is 33.2 Å². The molecule has 9 heteroatoms. The summed E-state index contributed by atoms with van der Waals surface area (Å²) in [6.45, 7) is 6.91. The Kier molecular flexibility index (Phi) is 6.28.